The van der Waals surface area contributed by atoms with Gasteiger partial charge in [-0.25, -0.2) is 4.79 Å². The van der Waals surface area contributed by atoms with Gasteiger partial charge in [-0.2, -0.15) is 0 Å². The molecule has 2 aromatic rings. The number of rotatable bonds is 8. The van der Waals surface area contributed by atoms with Gasteiger partial charge in [0.15, 0.2) is 0 Å². The number of ether oxygens (including phenoxy) is 2. The Balaban J connectivity index is 1.42. The number of methoxy groups -OCH3 is 2. The lowest BCUT2D eigenvalue weighted by Crippen LogP contribution is -2.56. The van der Waals surface area contributed by atoms with Crippen LogP contribution in [-0.4, -0.2) is 49.7 Å². The molecule has 0 radical (unpaired) electrons. The highest BCUT2D eigenvalue weighted by molar-refractivity contribution is 6.07. The van der Waals surface area contributed by atoms with Gasteiger partial charge in [0, 0.05) is 12.6 Å². The first-order valence-corrected chi connectivity index (χ1v) is 11.1. The summed E-state index contributed by atoms with van der Waals surface area (Å²) in [6, 6.07) is 15.7. The smallest absolute Gasteiger partial charge is 0.322 e. The van der Waals surface area contributed by atoms with Crippen LogP contribution in [-0.2, 0) is 17.8 Å². The van der Waals surface area contributed by atoms with Crippen molar-refractivity contribution in [3.05, 3.63) is 59.7 Å². The highest BCUT2D eigenvalue weighted by Crippen LogP contribution is 2.35. The molecule has 170 valence electrons. The van der Waals surface area contributed by atoms with Crippen LogP contribution >= 0.6 is 0 Å². The second-order valence-electron chi connectivity index (χ2n) is 8.64. The van der Waals surface area contributed by atoms with E-state index in [0.717, 1.165) is 56.0 Å². The van der Waals surface area contributed by atoms with E-state index in [1.807, 2.05) is 36.4 Å². The molecule has 0 saturated carbocycles. The molecular formula is C25H31N3O4. The number of benzene rings is 2. The summed E-state index contributed by atoms with van der Waals surface area (Å²) in [5.74, 6) is 1.47. The second-order valence-corrected chi connectivity index (χ2v) is 8.64. The molecule has 2 aliphatic rings. The molecule has 3 amide bonds. The van der Waals surface area contributed by atoms with Crippen LogP contribution in [0.5, 0.6) is 11.5 Å². The van der Waals surface area contributed by atoms with Crippen LogP contribution in [0.25, 0.3) is 0 Å². The average molecular weight is 438 g/mol. The van der Waals surface area contributed by atoms with Gasteiger partial charge in [-0.3, -0.25) is 15.0 Å². The number of carbonyl (C=O) groups excluding carboxylic acids is 2. The maximum absolute atomic E-state index is 12.9. The van der Waals surface area contributed by atoms with E-state index in [9.17, 15) is 9.59 Å². The lowest BCUT2D eigenvalue weighted by Gasteiger charge is -2.40. The van der Waals surface area contributed by atoms with Crippen molar-refractivity contribution < 1.29 is 19.1 Å². The molecule has 0 aromatic heterocycles. The lowest BCUT2D eigenvalue weighted by molar-refractivity contribution is -0.127. The zero-order chi connectivity index (χ0) is 22.6. The molecule has 1 atom stereocenters. The first kappa shape index (κ1) is 22.1. The summed E-state index contributed by atoms with van der Waals surface area (Å²) in [4.78, 5) is 27.4. The van der Waals surface area contributed by atoms with Gasteiger partial charge >= 0.3 is 6.03 Å². The Morgan fingerprint density at radius 1 is 0.969 bits per heavy atom. The average Bonchev–Trinajstić information content (AvgIpc) is 3.12. The molecule has 2 aliphatic heterocycles. The molecule has 0 bridgehead atoms. The molecule has 2 N–H and O–H groups in total. The number of urea groups is 1. The van der Waals surface area contributed by atoms with Crippen LogP contribution in [0.15, 0.2) is 48.5 Å². The first-order chi connectivity index (χ1) is 15.5. The number of aryl methyl sites for hydroxylation is 1. The Morgan fingerprint density at radius 3 is 2.19 bits per heavy atom. The van der Waals surface area contributed by atoms with Crippen molar-refractivity contribution in [1.82, 2.24) is 15.5 Å². The Hall–Kier alpha value is -3.06. The minimum atomic E-state index is -0.835. The fourth-order valence-electron chi connectivity index (χ4n) is 4.96. The van der Waals surface area contributed by atoms with Crippen LogP contribution in [0.3, 0.4) is 0 Å². The number of amides is 3. The highest BCUT2D eigenvalue weighted by Gasteiger charge is 2.51. The van der Waals surface area contributed by atoms with E-state index in [1.165, 1.54) is 5.56 Å². The van der Waals surface area contributed by atoms with E-state index in [1.54, 1.807) is 14.2 Å². The molecule has 1 unspecified atom stereocenters. The summed E-state index contributed by atoms with van der Waals surface area (Å²) >= 11 is 0. The minimum absolute atomic E-state index is 0.105. The maximum atomic E-state index is 12.9. The summed E-state index contributed by atoms with van der Waals surface area (Å²) in [6.45, 7) is 2.51. The molecule has 32 heavy (non-hydrogen) atoms. The maximum Gasteiger partial charge on any atom is 0.322 e. The SMILES string of the molecule is COc1cc(CN2CCC(C3(CCc4ccccc4)NC(=O)NC3=O)CC2)cc(OC)c1. The van der Waals surface area contributed by atoms with Crippen LogP contribution in [0.4, 0.5) is 4.79 Å². The molecule has 0 spiro atoms. The van der Waals surface area contributed by atoms with Crippen LogP contribution in [0.2, 0.25) is 0 Å². The van der Waals surface area contributed by atoms with Crippen LogP contribution in [0, 0.1) is 5.92 Å². The molecule has 2 fully saturated rings. The van der Waals surface area contributed by atoms with Crippen molar-refractivity contribution in [3.8, 4) is 11.5 Å². The number of carbonyl (C=O) groups is 2. The lowest BCUT2D eigenvalue weighted by atomic mass is 9.74. The number of nitrogens with zero attached hydrogens (tertiary/aromatic N) is 1. The fourth-order valence-corrected chi connectivity index (χ4v) is 4.96. The molecule has 0 aliphatic carbocycles. The fraction of sp³-hybridized carbons (Fsp3) is 0.440. The van der Waals surface area contributed by atoms with E-state index < -0.39 is 5.54 Å². The van der Waals surface area contributed by atoms with E-state index in [2.05, 4.69) is 27.7 Å². The molecule has 2 saturated heterocycles. The van der Waals surface area contributed by atoms with E-state index in [-0.39, 0.29) is 17.9 Å². The van der Waals surface area contributed by atoms with E-state index >= 15 is 0 Å². The van der Waals surface area contributed by atoms with E-state index in [4.69, 9.17) is 9.47 Å². The number of likely N-dealkylation sites (tertiary alicyclic amines) is 1. The topological polar surface area (TPSA) is 79.9 Å². The molecule has 2 aromatic carbocycles. The third-order valence-corrected chi connectivity index (χ3v) is 6.72. The van der Waals surface area contributed by atoms with Crippen molar-refractivity contribution in [3.63, 3.8) is 0 Å². The van der Waals surface area contributed by atoms with Gasteiger partial charge in [-0.05, 0) is 68.0 Å². The molecule has 7 nitrogen and oxygen atoms in total. The quantitative estimate of drug-likeness (QED) is 0.621. The van der Waals surface area contributed by atoms with Crippen molar-refractivity contribution in [1.29, 1.82) is 0 Å². The van der Waals surface area contributed by atoms with E-state index in [0.29, 0.717) is 6.42 Å². The third kappa shape index (κ3) is 4.72. The summed E-state index contributed by atoms with van der Waals surface area (Å²) in [7, 11) is 3.31. The Labute approximate surface area is 189 Å². The van der Waals surface area contributed by atoms with Gasteiger partial charge in [0.25, 0.3) is 5.91 Å². The van der Waals surface area contributed by atoms with Crippen LogP contribution in [0.1, 0.15) is 30.4 Å². The summed E-state index contributed by atoms with van der Waals surface area (Å²) in [5.41, 5.74) is 1.47. The monoisotopic (exact) mass is 437 g/mol. The third-order valence-electron chi connectivity index (χ3n) is 6.72. The molecule has 7 heteroatoms. The Bertz CT molecular complexity index is 935. The zero-order valence-corrected chi connectivity index (χ0v) is 18.7. The zero-order valence-electron chi connectivity index (χ0n) is 18.7. The molecular weight excluding hydrogens is 406 g/mol. The van der Waals surface area contributed by atoms with Crippen molar-refractivity contribution in [2.75, 3.05) is 27.3 Å². The van der Waals surface area contributed by atoms with Gasteiger partial charge in [-0.15, -0.1) is 0 Å². The normalized spacial score (nSPS) is 21.8. The number of hydrogen-bond donors (Lipinski definition) is 2. The number of nitrogens with one attached hydrogen (secondary N) is 2. The number of hydrogen-bond acceptors (Lipinski definition) is 5. The Kier molecular flexibility index (Phi) is 6.65. The van der Waals surface area contributed by atoms with Gasteiger partial charge in [0.2, 0.25) is 0 Å². The predicted octanol–water partition coefficient (Wildman–Crippen LogP) is 3.13. The highest BCUT2D eigenvalue weighted by atomic mass is 16.5. The van der Waals surface area contributed by atoms with Gasteiger partial charge in [-0.1, -0.05) is 30.3 Å². The number of imide groups is 1. The van der Waals surface area contributed by atoms with Crippen molar-refractivity contribution >= 4 is 11.9 Å². The minimum Gasteiger partial charge on any atom is -0.497 e. The second kappa shape index (κ2) is 9.61. The van der Waals surface area contributed by atoms with Crippen molar-refractivity contribution in [2.45, 2.75) is 37.8 Å². The Morgan fingerprint density at radius 2 is 1.62 bits per heavy atom. The van der Waals surface area contributed by atoms with Crippen LogP contribution < -0.4 is 20.1 Å². The molecule has 2 heterocycles. The first-order valence-electron chi connectivity index (χ1n) is 11.1. The largest absolute Gasteiger partial charge is 0.497 e. The summed E-state index contributed by atoms with van der Waals surface area (Å²) in [5, 5.41) is 5.49. The van der Waals surface area contributed by atoms with Gasteiger partial charge < -0.3 is 14.8 Å². The standard InChI is InChI=1S/C25H31N3O4/c1-31-21-14-19(15-22(16-21)32-2)17-28-12-9-20(10-13-28)25(23(29)26-24(30)27-25)11-8-18-6-4-3-5-7-18/h3-7,14-16,20H,8-13,17H2,1-2H3,(H2,26,27,29,30). The summed E-state index contributed by atoms with van der Waals surface area (Å²) < 4.78 is 10.8. The number of piperidine rings is 1. The predicted molar refractivity (Wildman–Crippen MR) is 122 cm³/mol. The summed E-state index contributed by atoms with van der Waals surface area (Å²) in [6.07, 6.45) is 3.05. The molecule has 4 rings (SSSR count). The van der Waals surface area contributed by atoms with Crippen molar-refractivity contribution in [2.24, 2.45) is 5.92 Å². The van der Waals surface area contributed by atoms with Gasteiger partial charge in [0.05, 0.1) is 14.2 Å². The van der Waals surface area contributed by atoms with Gasteiger partial charge in [0.1, 0.15) is 17.0 Å².